The van der Waals surface area contributed by atoms with Crippen molar-refractivity contribution in [2.24, 2.45) is 5.92 Å². The molecule has 6 nitrogen and oxygen atoms in total. The molecule has 0 aliphatic carbocycles. The number of fused-ring (bicyclic) bond motifs is 1. The Hall–Kier alpha value is -2.37. The molecule has 24 heavy (non-hydrogen) atoms. The number of ether oxygens (including phenoxy) is 1. The normalized spacial score (nSPS) is 15.9. The molecule has 1 atom stereocenters. The average molecular weight is 332 g/mol. The molecular formula is C18H24N2O4. The molecule has 2 amide bonds. The summed E-state index contributed by atoms with van der Waals surface area (Å²) in [5, 5.41) is 2.74. The van der Waals surface area contributed by atoms with Crippen molar-refractivity contribution in [2.75, 3.05) is 13.2 Å². The predicted octanol–water partition coefficient (Wildman–Crippen LogP) is 1.74. The van der Waals surface area contributed by atoms with Gasteiger partial charge >= 0.3 is 5.97 Å². The van der Waals surface area contributed by atoms with Gasteiger partial charge in [-0.1, -0.05) is 32.0 Å². The van der Waals surface area contributed by atoms with Crippen LogP contribution in [0.25, 0.3) is 0 Å². The van der Waals surface area contributed by atoms with Crippen molar-refractivity contribution >= 4 is 17.8 Å². The minimum atomic E-state index is -1.12. The fourth-order valence-corrected chi connectivity index (χ4v) is 2.66. The van der Waals surface area contributed by atoms with Crippen molar-refractivity contribution in [3.63, 3.8) is 0 Å². The maximum atomic E-state index is 12.4. The van der Waals surface area contributed by atoms with Crippen LogP contribution in [-0.4, -0.2) is 41.4 Å². The Labute approximate surface area is 142 Å². The molecule has 1 aromatic rings. The topological polar surface area (TPSA) is 75.7 Å². The van der Waals surface area contributed by atoms with Crippen molar-refractivity contribution < 1.29 is 19.1 Å². The van der Waals surface area contributed by atoms with Crippen LogP contribution in [0, 0.1) is 5.92 Å². The number of benzene rings is 1. The number of rotatable bonds is 6. The van der Waals surface area contributed by atoms with Gasteiger partial charge in [-0.3, -0.25) is 9.59 Å². The Kier molecular flexibility index (Phi) is 5.26. The highest BCUT2D eigenvalue weighted by Crippen LogP contribution is 2.23. The Morgan fingerprint density at radius 3 is 2.58 bits per heavy atom. The Morgan fingerprint density at radius 1 is 1.33 bits per heavy atom. The molecule has 6 heteroatoms. The third kappa shape index (κ3) is 3.42. The van der Waals surface area contributed by atoms with Crippen LogP contribution in [0.15, 0.2) is 24.3 Å². The van der Waals surface area contributed by atoms with Gasteiger partial charge in [0.15, 0.2) is 0 Å². The number of carbonyl (C=O) groups is 3. The van der Waals surface area contributed by atoms with Gasteiger partial charge in [-0.15, -0.1) is 0 Å². The molecule has 1 aromatic carbocycles. The van der Waals surface area contributed by atoms with E-state index < -0.39 is 11.5 Å². The number of carbonyl (C=O) groups excluding carboxylic acids is 3. The van der Waals surface area contributed by atoms with E-state index in [2.05, 4.69) is 5.32 Å². The number of hydrogen-bond donors (Lipinski definition) is 1. The lowest BCUT2D eigenvalue weighted by Crippen LogP contribution is -2.58. The van der Waals surface area contributed by atoms with E-state index in [1.54, 1.807) is 26.0 Å². The Balaban J connectivity index is 2.05. The van der Waals surface area contributed by atoms with Crippen LogP contribution < -0.4 is 5.32 Å². The Morgan fingerprint density at radius 2 is 2.00 bits per heavy atom. The van der Waals surface area contributed by atoms with Crippen LogP contribution in [0.3, 0.4) is 0 Å². The molecule has 0 spiro atoms. The largest absolute Gasteiger partial charge is 0.464 e. The van der Waals surface area contributed by atoms with E-state index >= 15 is 0 Å². The van der Waals surface area contributed by atoms with Gasteiger partial charge in [0, 0.05) is 12.1 Å². The zero-order chi connectivity index (χ0) is 17.9. The smallest absolute Gasteiger partial charge is 0.331 e. The summed E-state index contributed by atoms with van der Waals surface area (Å²) in [6.07, 6.45) is 0. The van der Waals surface area contributed by atoms with Gasteiger partial charge in [-0.25, -0.2) is 4.79 Å². The summed E-state index contributed by atoms with van der Waals surface area (Å²) < 4.78 is 5.08. The van der Waals surface area contributed by atoms with Gasteiger partial charge in [0.25, 0.3) is 5.91 Å². The lowest BCUT2D eigenvalue weighted by molar-refractivity contribution is -0.154. The molecule has 0 radical (unpaired) electrons. The third-order valence-electron chi connectivity index (χ3n) is 4.48. The zero-order valence-corrected chi connectivity index (χ0v) is 14.6. The van der Waals surface area contributed by atoms with Gasteiger partial charge in [0.2, 0.25) is 5.91 Å². The van der Waals surface area contributed by atoms with E-state index in [9.17, 15) is 14.4 Å². The van der Waals surface area contributed by atoms with Crippen LogP contribution in [0.4, 0.5) is 0 Å². The van der Waals surface area contributed by atoms with Gasteiger partial charge in [-0.2, -0.15) is 0 Å². The van der Waals surface area contributed by atoms with Gasteiger partial charge in [0.1, 0.15) is 12.1 Å². The molecule has 0 saturated heterocycles. The first-order valence-electron chi connectivity index (χ1n) is 8.15. The quantitative estimate of drug-likeness (QED) is 0.805. The first-order chi connectivity index (χ1) is 11.3. The molecular weight excluding hydrogens is 308 g/mol. The van der Waals surface area contributed by atoms with Crippen LogP contribution in [0.5, 0.6) is 0 Å². The predicted molar refractivity (Wildman–Crippen MR) is 89.2 cm³/mol. The first-order valence-corrected chi connectivity index (χ1v) is 8.15. The van der Waals surface area contributed by atoms with Crippen LogP contribution in [0.2, 0.25) is 0 Å². The first kappa shape index (κ1) is 18.0. The lowest BCUT2D eigenvalue weighted by Gasteiger charge is -2.32. The van der Waals surface area contributed by atoms with Crippen molar-refractivity contribution in [1.82, 2.24) is 10.2 Å². The van der Waals surface area contributed by atoms with E-state index in [-0.39, 0.29) is 30.9 Å². The highest BCUT2D eigenvalue weighted by Gasteiger charge is 2.40. The molecule has 130 valence electrons. The van der Waals surface area contributed by atoms with Crippen molar-refractivity contribution in [3.8, 4) is 0 Å². The molecule has 0 aromatic heterocycles. The van der Waals surface area contributed by atoms with Crippen LogP contribution in [0.1, 0.15) is 43.6 Å². The summed E-state index contributed by atoms with van der Waals surface area (Å²) in [4.78, 5) is 38.4. The number of amides is 2. The SMILES string of the molecule is CCOC(=O)[C@](C)(NC(=O)CN1Cc2ccccc2C1=O)C(C)C. The van der Waals surface area contributed by atoms with E-state index in [1.165, 1.54) is 4.90 Å². The third-order valence-corrected chi connectivity index (χ3v) is 4.48. The van der Waals surface area contributed by atoms with Crippen LogP contribution in [-0.2, 0) is 20.9 Å². The average Bonchev–Trinajstić information content (AvgIpc) is 2.83. The molecule has 1 aliphatic rings. The molecule has 0 bridgehead atoms. The van der Waals surface area contributed by atoms with Crippen molar-refractivity contribution in [3.05, 3.63) is 35.4 Å². The summed E-state index contributed by atoms with van der Waals surface area (Å²) in [5.74, 6) is -1.15. The lowest BCUT2D eigenvalue weighted by atomic mass is 9.88. The van der Waals surface area contributed by atoms with Crippen molar-refractivity contribution in [2.45, 2.75) is 39.8 Å². The summed E-state index contributed by atoms with van der Waals surface area (Å²) in [6, 6.07) is 7.30. The van der Waals surface area contributed by atoms with E-state index in [1.807, 2.05) is 26.0 Å². The van der Waals surface area contributed by atoms with Crippen LogP contribution >= 0.6 is 0 Å². The zero-order valence-electron chi connectivity index (χ0n) is 14.6. The number of nitrogens with one attached hydrogen (secondary N) is 1. The minimum absolute atomic E-state index is 0.0881. The highest BCUT2D eigenvalue weighted by molar-refractivity contribution is 6.00. The second-order valence-electron chi connectivity index (χ2n) is 6.44. The summed E-state index contributed by atoms with van der Waals surface area (Å²) in [5.41, 5.74) is 0.414. The van der Waals surface area contributed by atoms with Gasteiger partial charge in [0.05, 0.1) is 6.61 Å². The van der Waals surface area contributed by atoms with Gasteiger partial charge < -0.3 is 15.0 Å². The Bertz CT molecular complexity index is 656. The number of esters is 1. The standard InChI is InChI=1S/C18H24N2O4/c1-5-24-17(23)18(4,12(2)3)19-15(21)11-20-10-13-8-6-7-9-14(13)16(20)22/h6-9,12H,5,10-11H2,1-4H3,(H,19,21)/t18-/m1/s1. The molecule has 1 aliphatic heterocycles. The van der Waals surface area contributed by atoms with E-state index in [0.29, 0.717) is 12.1 Å². The molecule has 0 fully saturated rings. The maximum Gasteiger partial charge on any atom is 0.331 e. The summed E-state index contributed by atoms with van der Waals surface area (Å²) in [6.45, 7) is 7.61. The summed E-state index contributed by atoms with van der Waals surface area (Å²) in [7, 11) is 0. The number of nitrogens with zero attached hydrogens (tertiary/aromatic N) is 1. The fourth-order valence-electron chi connectivity index (χ4n) is 2.66. The maximum absolute atomic E-state index is 12.4. The second kappa shape index (κ2) is 7.03. The molecule has 1 N–H and O–H groups in total. The van der Waals surface area contributed by atoms with Gasteiger partial charge in [-0.05, 0) is 31.4 Å². The summed E-state index contributed by atoms with van der Waals surface area (Å²) >= 11 is 0. The van der Waals surface area contributed by atoms with E-state index in [4.69, 9.17) is 4.74 Å². The monoisotopic (exact) mass is 332 g/mol. The molecule has 1 heterocycles. The van der Waals surface area contributed by atoms with E-state index in [0.717, 1.165) is 5.56 Å². The minimum Gasteiger partial charge on any atom is -0.464 e. The highest BCUT2D eigenvalue weighted by atomic mass is 16.5. The molecule has 0 unspecified atom stereocenters. The second-order valence-corrected chi connectivity index (χ2v) is 6.44. The van der Waals surface area contributed by atoms with Crippen molar-refractivity contribution in [1.29, 1.82) is 0 Å². The molecule has 2 rings (SSSR count). The molecule has 0 saturated carbocycles. The number of hydrogen-bond acceptors (Lipinski definition) is 4. The fraction of sp³-hybridized carbons (Fsp3) is 0.500.